The second kappa shape index (κ2) is 4.80. The van der Waals surface area contributed by atoms with Crippen LogP contribution in [0.25, 0.3) is 0 Å². The van der Waals surface area contributed by atoms with Crippen LogP contribution in [0, 0.1) is 0 Å². The van der Waals surface area contributed by atoms with Gasteiger partial charge in [0.1, 0.15) is 6.17 Å². The lowest BCUT2D eigenvalue weighted by Crippen LogP contribution is -2.04. The topological polar surface area (TPSA) is 0 Å². The van der Waals surface area contributed by atoms with Crippen molar-refractivity contribution in [2.45, 2.75) is 25.9 Å². The maximum atomic E-state index is 13.3. The van der Waals surface area contributed by atoms with Gasteiger partial charge in [-0.15, -0.1) is 6.58 Å². The third-order valence-electron chi connectivity index (χ3n) is 1.87. The van der Waals surface area contributed by atoms with Crippen molar-refractivity contribution in [3.8, 4) is 0 Å². The lowest BCUT2D eigenvalue weighted by atomic mass is 10.0. The van der Waals surface area contributed by atoms with Gasteiger partial charge in [0.2, 0.25) is 0 Å². The Morgan fingerprint density at radius 2 is 2.00 bits per heavy atom. The number of hydrogen-bond donors (Lipinski definition) is 0. The van der Waals surface area contributed by atoms with Gasteiger partial charge in [0.15, 0.2) is 0 Å². The molecule has 1 heteroatoms. The zero-order valence-corrected chi connectivity index (χ0v) is 7.96. The molecule has 0 aliphatic carbocycles. The molecular weight excluding hydrogens is 163 g/mol. The molecule has 0 fully saturated rings. The van der Waals surface area contributed by atoms with Crippen LogP contribution < -0.4 is 0 Å². The van der Waals surface area contributed by atoms with Crippen LogP contribution in [0.5, 0.6) is 0 Å². The van der Waals surface area contributed by atoms with Gasteiger partial charge in [-0.25, -0.2) is 4.39 Å². The number of benzene rings is 1. The smallest absolute Gasteiger partial charge is 0.108 e. The molecule has 0 radical (unpaired) electrons. The molecule has 0 nitrogen and oxygen atoms in total. The Balaban J connectivity index is 2.45. The Morgan fingerprint density at radius 3 is 2.54 bits per heavy atom. The Labute approximate surface area is 79.1 Å². The van der Waals surface area contributed by atoms with Crippen molar-refractivity contribution in [1.82, 2.24) is 0 Å². The average Bonchev–Trinajstić information content (AvgIpc) is 2.04. The Morgan fingerprint density at radius 1 is 1.38 bits per heavy atom. The lowest BCUT2D eigenvalue weighted by molar-refractivity contribution is 0.330. The quantitative estimate of drug-likeness (QED) is 0.619. The summed E-state index contributed by atoms with van der Waals surface area (Å²) in [5, 5.41) is 0. The minimum absolute atomic E-state index is 0.467. The highest BCUT2D eigenvalue weighted by Gasteiger charge is 2.06. The van der Waals surface area contributed by atoms with E-state index in [0.717, 1.165) is 11.1 Å². The van der Waals surface area contributed by atoms with Gasteiger partial charge in [-0.2, -0.15) is 0 Å². The van der Waals surface area contributed by atoms with Crippen molar-refractivity contribution < 1.29 is 4.39 Å². The van der Waals surface area contributed by atoms with Crippen molar-refractivity contribution >= 4 is 0 Å². The van der Waals surface area contributed by atoms with Gasteiger partial charge in [0, 0.05) is 6.42 Å². The van der Waals surface area contributed by atoms with Crippen molar-refractivity contribution in [2.24, 2.45) is 0 Å². The molecule has 0 aliphatic rings. The van der Waals surface area contributed by atoms with Crippen LogP contribution in [0.4, 0.5) is 4.39 Å². The molecule has 0 bridgehead atoms. The predicted octanol–water partition coefficient (Wildman–Crippen LogP) is 3.53. The second-order valence-corrected chi connectivity index (χ2v) is 3.45. The molecule has 0 spiro atoms. The Hall–Kier alpha value is -1.11. The largest absolute Gasteiger partial charge is 0.247 e. The summed E-state index contributed by atoms with van der Waals surface area (Å²) in [7, 11) is 0. The van der Waals surface area contributed by atoms with Crippen LogP contribution in [-0.4, -0.2) is 6.17 Å². The number of halogens is 1. The minimum Gasteiger partial charge on any atom is -0.247 e. The number of rotatable bonds is 4. The third-order valence-corrected chi connectivity index (χ3v) is 1.87. The summed E-state index contributed by atoms with van der Waals surface area (Å²) in [6.45, 7) is 5.56. The SMILES string of the molecule is C=C(C)CC(F)Cc1ccccc1. The summed E-state index contributed by atoms with van der Waals surface area (Å²) in [5.74, 6) is 0. The fourth-order valence-electron chi connectivity index (χ4n) is 1.32. The third kappa shape index (κ3) is 3.88. The van der Waals surface area contributed by atoms with E-state index < -0.39 is 6.17 Å². The summed E-state index contributed by atoms with van der Waals surface area (Å²) in [6.07, 6.45) is 0.169. The molecule has 0 saturated carbocycles. The van der Waals surface area contributed by atoms with Crippen LogP contribution in [0.1, 0.15) is 18.9 Å². The minimum atomic E-state index is -0.792. The monoisotopic (exact) mass is 178 g/mol. The van der Waals surface area contributed by atoms with Gasteiger partial charge in [0.05, 0.1) is 0 Å². The number of alkyl halides is 1. The van der Waals surface area contributed by atoms with Crippen molar-refractivity contribution in [3.05, 3.63) is 48.0 Å². The highest BCUT2D eigenvalue weighted by atomic mass is 19.1. The van der Waals surface area contributed by atoms with E-state index in [1.54, 1.807) is 0 Å². The highest BCUT2D eigenvalue weighted by molar-refractivity contribution is 5.15. The Kier molecular flexibility index (Phi) is 3.69. The van der Waals surface area contributed by atoms with Crippen molar-refractivity contribution in [3.63, 3.8) is 0 Å². The van der Waals surface area contributed by atoms with E-state index >= 15 is 0 Å². The first kappa shape index (κ1) is 9.97. The van der Waals surface area contributed by atoms with Crippen LogP contribution in [0.2, 0.25) is 0 Å². The highest BCUT2D eigenvalue weighted by Crippen LogP contribution is 2.12. The first-order valence-electron chi connectivity index (χ1n) is 4.51. The summed E-state index contributed by atoms with van der Waals surface area (Å²) in [5.41, 5.74) is 1.96. The van der Waals surface area contributed by atoms with Crippen LogP contribution in [0.15, 0.2) is 42.5 Å². The van der Waals surface area contributed by atoms with E-state index in [2.05, 4.69) is 6.58 Å². The van der Waals surface area contributed by atoms with Crippen molar-refractivity contribution in [1.29, 1.82) is 0 Å². The van der Waals surface area contributed by atoms with E-state index in [1.807, 2.05) is 37.3 Å². The molecule has 0 amide bonds. The maximum absolute atomic E-state index is 13.3. The van der Waals surface area contributed by atoms with Crippen LogP contribution in [0.3, 0.4) is 0 Å². The molecule has 0 aromatic heterocycles. The molecule has 0 aliphatic heterocycles. The molecule has 1 atom stereocenters. The first-order chi connectivity index (χ1) is 6.18. The van der Waals surface area contributed by atoms with E-state index in [0.29, 0.717) is 12.8 Å². The predicted molar refractivity (Wildman–Crippen MR) is 54.5 cm³/mol. The van der Waals surface area contributed by atoms with Gasteiger partial charge < -0.3 is 0 Å². The van der Waals surface area contributed by atoms with Gasteiger partial charge in [-0.1, -0.05) is 35.9 Å². The fourth-order valence-corrected chi connectivity index (χ4v) is 1.32. The molecule has 1 unspecified atom stereocenters. The summed E-state index contributed by atoms with van der Waals surface area (Å²) in [6, 6.07) is 9.71. The number of hydrogen-bond acceptors (Lipinski definition) is 0. The zero-order chi connectivity index (χ0) is 9.68. The summed E-state index contributed by atoms with van der Waals surface area (Å²) >= 11 is 0. The molecule has 0 saturated heterocycles. The van der Waals surface area contributed by atoms with E-state index in [-0.39, 0.29) is 0 Å². The molecular formula is C12H15F. The first-order valence-corrected chi connectivity index (χ1v) is 4.51. The van der Waals surface area contributed by atoms with E-state index in [9.17, 15) is 4.39 Å². The standard InChI is InChI=1S/C12H15F/c1-10(2)8-12(13)9-11-6-4-3-5-7-11/h3-7,12H,1,8-9H2,2H3. The normalized spacial score (nSPS) is 12.5. The van der Waals surface area contributed by atoms with Crippen LogP contribution in [-0.2, 0) is 6.42 Å². The molecule has 1 aromatic rings. The summed E-state index contributed by atoms with van der Waals surface area (Å²) < 4.78 is 13.3. The van der Waals surface area contributed by atoms with Gasteiger partial charge >= 0.3 is 0 Å². The van der Waals surface area contributed by atoms with Gasteiger partial charge in [-0.05, 0) is 18.9 Å². The van der Waals surface area contributed by atoms with Gasteiger partial charge in [0.25, 0.3) is 0 Å². The summed E-state index contributed by atoms with van der Waals surface area (Å²) in [4.78, 5) is 0. The van der Waals surface area contributed by atoms with E-state index in [4.69, 9.17) is 0 Å². The Bertz CT molecular complexity index is 264. The molecule has 0 heterocycles. The number of allylic oxidation sites excluding steroid dienone is 1. The molecule has 1 rings (SSSR count). The average molecular weight is 178 g/mol. The van der Waals surface area contributed by atoms with Crippen molar-refractivity contribution in [2.75, 3.05) is 0 Å². The second-order valence-electron chi connectivity index (χ2n) is 3.45. The molecule has 1 aromatic carbocycles. The molecule has 0 N–H and O–H groups in total. The lowest BCUT2D eigenvalue weighted by Gasteiger charge is -2.07. The van der Waals surface area contributed by atoms with Crippen LogP contribution >= 0.6 is 0 Å². The zero-order valence-electron chi connectivity index (χ0n) is 7.96. The fraction of sp³-hybridized carbons (Fsp3) is 0.333. The maximum Gasteiger partial charge on any atom is 0.108 e. The van der Waals surface area contributed by atoms with Gasteiger partial charge in [-0.3, -0.25) is 0 Å². The molecule has 70 valence electrons. The van der Waals surface area contributed by atoms with E-state index in [1.165, 1.54) is 0 Å². The molecule has 13 heavy (non-hydrogen) atoms.